The Kier molecular flexibility index (Phi) is 4.58. The van der Waals surface area contributed by atoms with Crippen molar-refractivity contribution in [3.05, 3.63) is 0 Å². The van der Waals surface area contributed by atoms with Gasteiger partial charge in [-0.25, -0.2) is 0 Å². The lowest BCUT2D eigenvalue weighted by Crippen LogP contribution is -2.46. The molecule has 1 rings (SSSR count). The number of hydrogen-bond acceptors (Lipinski definition) is 3. The van der Waals surface area contributed by atoms with Gasteiger partial charge in [0.1, 0.15) is 0 Å². The van der Waals surface area contributed by atoms with E-state index in [1.54, 1.807) is 0 Å². The second kappa shape index (κ2) is 5.50. The van der Waals surface area contributed by atoms with Crippen LogP contribution in [0, 0.1) is 5.92 Å². The first-order chi connectivity index (χ1) is 7.09. The molecule has 0 amide bonds. The minimum Gasteiger partial charge on any atom is -0.466 e. The van der Waals surface area contributed by atoms with Crippen LogP contribution in [-0.2, 0) is 9.53 Å². The molecule has 0 aromatic rings. The SMILES string of the molecule is CCOC(=O)CC1(N)CCCC(CC)C1. The van der Waals surface area contributed by atoms with E-state index in [0.29, 0.717) is 18.9 Å². The van der Waals surface area contributed by atoms with Crippen LogP contribution in [0.15, 0.2) is 0 Å². The quantitative estimate of drug-likeness (QED) is 0.729. The molecule has 0 radical (unpaired) electrons. The summed E-state index contributed by atoms with van der Waals surface area (Å²) in [7, 11) is 0. The molecule has 0 aromatic carbocycles. The third-order valence-corrected chi connectivity index (χ3v) is 3.36. The normalized spacial score (nSPS) is 31.3. The minimum atomic E-state index is -0.300. The summed E-state index contributed by atoms with van der Waals surface area (Å²) in [4.78, 5) is 11.4. The molecule has 0 spiro atoms. The van der Waals surface area contributed by atoms with Crippen LogP contribution in [0.3, 0.4) is 0 Å². The predicted molar refractivity (Wildman–Crippen MR) is 60.4 cm³/mol. The third kappa shape index (κ3) is 3.82. The summed E-state index contributed by atoms with van der Waals surface area (Å²) in [5.74, 6) is 0.551. The number of esters is 1. The zero-order valence-electron chi connectivity index (χ0n) is 9.92. The van der Waals surface area contributed by atoms with Gasteiger partial charge in [-0.2, -0.15) is 0 Å². The van der Waals surface area contributed by atoms with E-state index in [1.807, 2.05) is 6.92 Å². The summed E-state index contributed by atoms with van der Waals surface area (Å²) in [6.07, 6.45) is 5.90. The van der Waals surface area contributed by atoms with E-state index >= 15 is 0 Å². The topological polar surface area (TPSA) is 52.3 Å². The van der Waals surface area contributed by atoms with Crippen molar-refractivity contribution in [1.29, 1.82) is 0 Å². The highest BCUT2D eigenvalue weighted by atomic mass is 16.5. The van der Waals surface area contributed by atoms with Gasteiger partial charge in [0.15, 0.2) is 0 Å². The van der Waals surface area contributed by atoms with Gasteiger partial charge in [0, 0.05) is 5.54 Å². The number of carbonyl (C=O) groups excluding carboxylic acids is 1. The Balaban J connectivity index is 2.46. The van der Waals surface area contributed by atoms with Gasteiger partial charge in [-0.05, 0) is 25.7 Å². The Morgan fingerprint density at radius 3 is 2.87 bits per heavy atom. The number of hydrogen-bond donors (Lipinski definition) is 1. The Morgan fingerprint density at radius 2 is 2.27 bits per heavy atom. The van der Waals surface area contributed by atoms with E-state index in [0.717, 1.165) is 19.3 Å². The smallest absolute Gasteiger partial charge is 0.307 e. The molecular weight excluding hydrogens is 190 g/mol. The zero-order valence-corrected chi connectivity index (χ0v) is 9.92. The Bertz CT molecular complexity index is 218. The molecule has 0 saturated heterocycles. The number of carbonyl (C=O) groups is 1. The van der Waals surface area contributed by atoms with Crippen molar-refractivity contribution >= 4 is 5.97 Å². The van der Waals surface area contributed by atoms with Gasteiger partial charge in [-0.1, -0.05) is 26.2 Å². The molecule has 88 valence electrons. The second-order valence-corrected chi connectivity index (χ2v) is 4.71. The van der Waals surface area contributed by atoms with Crippen LogP contribution in [-0.4, -0.2) is 18.1 Å². The van der Waals surface area contributed by atoms with E-state index in [9.17, 15) is 4.79 Å². The molecule has 1 aliphatic rings. The summed E-state index contributed by atoms with van der Waals surface area (Å²) in [5, 5.41) is 0. The monoisotopic (exact) mass is 213 g/mol. The van der Waals surface area contributed by atoms with E-state index in [1.165, 1.54) is 12.8 Å². The molecule has 0 aliphatic heterocycles. The number of ether oxygens (including phenoxy) is 1. The van der Waals surface area contributed by atoms with Crippen molar-refractivity contribution in [3.63, 3.8) is 0 Å². The van der Waals surface area contributed by atoms with Gasteiger partial charge in [-0.3, -0.25) is 4.79 Å². The van der Waals surface area contributed by atoms with Gasteiger partial charge in [0.25, 0.3) is 0 Å². The lowest BCUT2D eigenvalue weighted by atomic mass is 9.74. The van der Waals surface area contributed by atoms with Crippen LogP contribution in [0.1, 0.15) is 52.4 Å². The maximum absolute atomic E-state index is 11.4. The Hall–Kier alpha value is -0.570. The van der Waals surface area contributed by atoms with Crippen molar-refractivity contribution in [2.45, 2.75) is 57.9 Å². The third-order valence-electron chi connectivity index (χ3n) is 3.36. The molecule has 1 aliphatic carbocycles. The standard InChI is InChI=1S/C12H23NO2/c1-3-10-6-5-7-12(13,8-10)9-11(14)15-4-2/h10H,3-9,13H2,1-2H3. The first-order valence-corrected chi connectivity index (χ1v) is 6.04. The van der Waals surface area contributed by atoms with Crippen molar-refractivity contribution < 1.29 is 9.53 Å². The molecule has 3 heteroatoms. The molecule has 0 bridgehead atoms. The zero-order chi connectivity index (χ0) is 11.3. The fourth-order valence-electron chi connectivity index (χ4n) is 2.53. The van der Waals surface area contributed by atoms with Gasteiger partial charge in [0.2, 0.25) is 0 Å². The molecule has 15 heavy (non-hydrogen) atoms. The number of rotatable bonds is 4. The average molecular weight is 213 g/mol. The molecule has 0 aromatic heterocycles. The average Bonchev–Trinajstić information content (AvgIpc) is 2.17. The van der Waals surface area contributed by atoms with Crippen molar-refractivity contribution in [2.75, 3.05) is 6.61 Å². The van der Waals surface area contributed by atoms with E-state index < -0.39 is 0 Å². The van der Waals surface area contributed by atoms with Crippen LogP contribution in [0.5, 0.6) is 0 Å². The number of nitrogens with two attached hydrogens (primary N) is 1. The van der Waals surface area contributed by atoms with Crippen LogP contribution < -0.4 is 5.73 Å². The molecule has 1 fully saturated rings. The van der Waals surface area contributed by atoms with Crippen LogP contribution in [0.2, 0.25) is 0 Å². The highest BCUT2D eigenvalue weighted by Gasteiger charge is 2.34. The fourth-order valence-corrected chi connectivity index (χ4v) is 2.53. The molecule has 3 nitrogen and oxygen atoms in total. The molecule has 2 N–H and O–H groups in total. The summed E-state index contributed by atoms with van der Waals surface area (Å²) in [5.41, 5.74) is 5.95. The molecule has 2 unspecified atom stereocenters. The summed E-state index contributed by atoms with van der Waals surface area (Å²) in [6.45, 7) is 4.48. The second-order valence-electron chi connectivity index (χ2n) is 4.71. The highest BCUT2D eigenvalue weighted by Crippen LogP contribution is 2.34. The van der Waals surface area contributed by atoms with Crippen LogP contribution in [0.4, 0.5) is 0 Å². The lowest BCUT2D eigenvalue weighted by Gasteiger charge is -2.37. The lowest BCUT2D eigenvalue weighted by molar-refractivity contribution is -0.145. The molecular formula is C12H23NO2. The van der Waals surface area contributed by atoms with E-state index in [-0.39, 0.29) is 11.5 Å². The largest absolute Gasteiger partial charge is 0.466 e. The highest BCUT2D eigenvalue weighted by molar-refractivity contribution is 5.70. The fraction of sp³-hybridized carbons (Fsp3) is 0.917. The molecule has 0 heterocycles. The van der Waals surface area contributed by atoms with Gasteiger partial charge >= 0.3 is 5.97 Å². The van der Waals surface area contributed by atoms with Crippen molar-refractivity contribution in [1.82, 2.24) is 0 Å². The predicted octanol–water partition coefficient (Wildman–Crippen LogP) is 2.24. The summed E-state index contributed by atoms with van der Waals surface area (Å²) < 4.78 is 4.96. The van der Waals surface area contributed by atoms with Crippen LogP contribution >= 0.6 is 0 Å². The van der Waals surface area contributed by atoms with Crippen LogP contribution in [0.25, 0.3) is 0 Å². The molecule has 1 saturated carbocycles. The first-order valence-electron chi connectivity index (χ1n) is 6.04. The summed E-state index contributed by atoms with van der Waals surface area (Å²) in [6, 6.07) is 0. The van der Waals surface area contributed by atoms with E-state index in [2.05, 4.69) is 6.92 Å². The Labute approximate surface area is 92.4 Å². The first kappa shape index (κ1) is 12.5. The van der Waals surface area contributed by atoms with Gasteiger partial charge in [0.05, 0.1) is 13.0 Å². The van der Waals surface area contributed by atoms with Gasteiger partial charge in [-0.15, -0.1) is 0 Å². The molecule has 2 atom stereocenters. The summed E-state index contributed by atoms with van der Waals surface area (Å²) >= 11 is 0. The minimum absolute atomic E-state index is 0.142. The van der Waals surface area contributed by atoms with E-state index in [4.69, 9.17) is 10.5 Å². The Morgan fingerprint density at radius 1 is 1.53 bits per heavy atom. The van der Waals surface area contributed by atoms with Crippen molar-refractivity contribution in [3.8, 4) is 0 Å². The maximum Gasteiger partial charge on any atom is 0.307 e. The van der Waals surface area contributed by atoms with Gasteiger partial charge < -0.3 is 10.5 Å². The maximum atomic E-state index is 11.4. The van der Waals surface area contributed by atoms with Crippen molar-refractivity contribution in [2.24, 2.45) is 11.7 Å².